The summed E-state index contributed by atoms with van der Waals surface area (Å²) in [6.45, 7) is 1.78. The summed E-state index contributed by atoms with van der Waals surface area (Å²) in [6.07, 6.45) is 2.57. The molecule has 6 heteroatoms. The number of hydrogen-bond acceptors (Lipinski definition) is 4. The van der Waals surface area contributed by atoms with Gasteiger partial charge in [0, 0.05) is 30.5 Å². The van der Waals surface area contributed by atoms with E-state index in [0.717, 1.165) is 12.8 Å². The molecular weight excluding hydrogens is 240 g/mol. The normalized spacial score (nSPS) is 31.7. The molecule has 2 rings (SSSR count). The molecule has 1 atom stereocenters. The van der Waals surface area contributed by atoms with Gasteiger partial charge in [0.25, 0.3) is 0 Å². The summed E-state index contributed by atoms with van der Waals surface area (Å²) in [5.74, 6) is 0. The summed E-state index contributed by atoms with van der Waals surface area (Å²) < 4.78 is 33.6. The first-order valence-electron chi connectivity index (χ1n) is 5.17. The molecule has 0 aromatic heterocycles. The van der Waals surface area contributed by atoms with E-state index in [4.69, 9.17) is 20.2 Å². The van der Waals surface area contributed by atoms with Gasteiger partial charge in [0.2, 0.25) is 9.05 Å². The van der Waals surface area contributed by atoms with Gasteiger partial charge >= 0.3 is 0 Å². The molecule has 4 nitrogen and oxygen atoms in total. The van der Waals surface area contributed by atoms with Crippen LogP contribution >= 0.6 is 10.7 Å². The third-order valence-electron chi connectivity index (χ3n) is 3.25. The van der Waals surface area contributed by atoms with Crippen LogP contribution in [-0.4, -0.2) is 39.1 Å². The molecule has 1 unspecified atom stereocenters. The number of ether oxygens (including phenoxy) is 2. The van der Waals surface area contributed by atoms with E-state index in [1.165, 1.54) is 0 Å². The van der Waals surface area contributed by atoms with Crippen LogP contribution in [0.5, 0.6) is 0 Å². The minimum Gasteiger partial charge on any atom is -0.381 e. The minimum atomic E-state index is -3.45. The lowest BCUT2D eigenvalue weighted by Crippen LogP contribution is -2.47. The van der Waals surface area contributed by atoms with Crippen molar-refractivity contribution in [3.63, 3.8) is 0 Å². The van der Waals surface area contributed by atoms with Crippen LogP contribution in [0.15, 0.2) is 0 Å². The molecule has 0 aliphatic carbocycles. The Morgan fingerprint density at radius 3 is 2.47 bits per heavy atom. The lowest BCUT2D eigenvalue weighted by atomic mass is 9.86. The van der Waals surface area contributed by atoms with Crippen molar-refractivity contribution in [2.45, 2.75) is 36.5 Å². The molecular formula is C9H15ClO4S. The Bertz CT molecular complexity index is 315. The first kappa shape index (κ1) is 11.6. The van der Waals surface area contributed by atoms with Gasteiger partial charge < -0.3 is 9.47 Å². The molecule has 2 aliphatic rings. The van der Waals surface area contributed by atoms with E-state index in [1.807, 2.05) is 0 Å². The number of halogens is 1. The van der Waals surface area contributed by atoms with E-state index in [0.29, 0.717) is 32.7 Å². The third-order valence-corrected chi connectivity index (χ3v) is 5.20. The monoisotopic (exact) mass is 254 g/mol. The van der Waals surface area contributed by atoms with Crippen molar-refractivity contribution in [2.24, 2.45) is 0 Å². The first-order chi connectivity index (χ1) is 7.02. The van der Waals surface area contributed by atoms with Crippen LogP contribution < -0.4 is 0 Å². The Morgan fingerprint density at radius 1 is 1.20 bits per heavy atom. The van der Waals surface area contributed by atoms with E-state index >= 15 is 0 Å². The molecule has 88 valence electrons. The second kappa shape index (κ2) is 4.20. The summed E-state index contributed by atoms with van der Waals surface area (Å²) in [5.41, 5.74) is -0.302. The highest BCUT2D eigenvalue weighted by atomic mass is 35.7. The van der Waals surface area contributed by atoms with E-state index in [2.05, 4.69) is 0 Å². The smallest absolute Gasteiger partial charge is 0.235 e. The molecule has 0 saturated carbocycles. The Balaban J connectivity index is 2.09. The largest absolute Gasteiger partial charge is 0.381 e. The molecule has 0 N–H and O–H groups in total. The van der Waals surface area contributed by atoms with Gasteiger partial charge in [-0.1, -0.05) is 0 Å². The Hall–Kier alpha value is 0.160. The van der Waals surface area contributed by atoms with Crippen LogP contribution in [0.1, 0.15) is 25.7 Å². The fourth-order valence-corrected chi connectivity index (χ4v) is 3.65. The molecule has 15 heavy (non-hydrogen) atoms. The van der Waals surface area contributed by atoms with Crippen molar-refractivity contribution in [2.75, 3.05) is 19.8 Å². The standard InChI is InChI=1S/C9H15ClO4S/c10-15(11,12)8-1-4-14-9(7-8)2-5-13-6-3-9/h8H,1-7H2. The van der Waals surface area contributed by atoms with E-state index in [1.54, 1.807) is 0 Å². The van der Waals surface area contributed by atoms with E-state index in [-0.39, 0.29) is 5.60 Å². The average Bonchev–Trinajstić information content (AvgIpc) is 2.18. The summed E-state index contributed by atoms with van der Waals surface area (Å²) in [6, 6.07) is 0. The second-order valence-electron chi connectivity index (χ2n) is 4.23. The maximum atomic E-state index is 11.3. The predicted octanol–water partition coefficient (Wildman–Crippen LogP) is 1.28. The summed E-state index contributed by atoms with van der Waals surface area (Å²) in [4.78, 5) is 0. The first-order valence-corrected chi connectivity index (χ1v) is 7.54. The van der Waals surface area contributed by atoms with Crippen molar-refractivity contribution in [3.8, 4) is 0 Å². The highest BCUT2D eigenvalue weighted by Crippen LogP contribution is 2.37. The zero-order chi connectivity index (χ0) is 10.9. The summed E-state index contributed by atoms with van der Waals surface area (Å²) in [5, 5.41) is -0.453. The Kier molecular flexibility index (Phi) is 3.26. The van der Waals surface area contributed by atoms with Gasteiger partial charge in [-0.25, -0.2) is 8.42 Å². The molecule has 0 amide bonds. The van der Waals surface area contributed by atoms with Gasteiger partial charge in [-0.05, 0) is 25.7 Å². The quantitative estimate of drug-likeness (QED) is 0.662. The van der Waals surface area contributed by atoms with Crippen molar-refractivity contribution >= 4 is 19.7 Å². The summed E-state index contributed by atoms with van der Waals surface area (Å²) >= 11 is 0. The van der Waals surface area contributed by atoms with Crippen LogP contribution in [0.3, 0.4) is 0 Å². The van der Waals surface area contributed by atoms with Gasteiger partial charge in [-0.3, -0.25) is 0 Å². The SMILES string of the molecule is O=S(=O)(Cl)C1CCOC2(CCOCC2)C1. The van der Waals surface area contributed by atoms with E-state index in [9.17, 15) is 8.42 Å². The fraction of sp³-hybridized carbons (Fsp3) is 1.00. The topological polar surface area (TPSA) is 52.6 Å². The molecule has 2 aliphatic heterocycles. The summed E-state index contributed by atoms with van der Waals surface area (Å²) in [7, 11) is 1.95. The zero-order valence-corrected chi connectivity index (χ0v) is 10.0. The highest BCUT2D eigenvalue weighted by Gasteiger charge is 2.42. The highest BCUT2D eigenvalue weighted by molar-refractivity contribution is 8.14. The van der Waals surface area contributed by atoms with Crippen LogP contribution in [0.2, 0.25) is 0 Å². The van der Waals surface area contributed by atoms with Crippen molar-refractivity contribution in [3.05, 3.63) is 0 Å². The fourth-order valence-electron chi connectivity index (χ4n) is 2.31. The maximum absolute atomic E-state index is 11.3. The molecule has 0 radical (unpaired) electrons. The third kappa shape index (κ3) is 2.64. The van der Waals surface area contributed by atoms with Crippen LogP contribution in [0.25, 0.3) is 0 Å². The van der Waals surface area contributed by atoms with Gasteiger partial charge in [-0.15, -0.1) is 0 Å². The van der Waals surface area contributed by atoms with Gasteiger partial charge in [-0.2, -0.15) is 0 Å². The lowest BCUT2D eigenvalue weighted by Gasteiger charge is -2.42. The van der Waals surface area contributed by atoms with Crippen molar-refractivity contribution in [1.82, 2.24) is 0 Å². The number of hydrogen-bond donors (Lipinski definition) is 0. The van der Waals surface area contributed by atoms with Crippen LogP contribution in [0.4, 0.5) is 0 Å². The van der Waals surface area contributed by atoms with Crippen LogP contribution in [-0.2, 0) is 18.5 Å². The van der Waals surface area contributed by atoms with Crippen molar-refractivity contribution < 1.29 is 17.9 Å². The minimum absolute atomic E-state index is 0.302. The maximum Gasteiger partial charge on any atom is 0.235 e. The van der Waals surface area contributed by atoms with Crippen LogP contribution in [0, 0.1) is 0 Å². The van der Waals surface area contributed by atoms with Gasteiger partial charge in [0.05, 0.1) is 10.9 Å². The molecule has 2 heterocycles. The predicted molar refractivity (Wildman–Crippen MR) is 56.5 cm³/mol. The van der Waals surface area contributed by atoms with Gasteiger partial charge in [0.1, 0.15) is 0 Å². The van der Waals surface area contributed by atoms with Crippen molar-refractivity contribution in [1.29, 1.82) is 0 Å². The Labute approximate surface area is 94.3 Å². The van der Waals surface area contributed by atoms with E-state index < -0.39 is 14.3 Å². The molecule has 0 aromatic rings. The zero-order valence-electron chi connectivity index (χ0n) is 8.45. The number of rotatable bonds is 1. The molecule has 0 bridgehead atoms. The lowest BCUT2D eigenvalue weighted by molar-refractivity contribution is -0.131. The van der Waals surface area contributed by atoms with Gasteiger partial charge in [0.15, 0.2) is 0 Å². The average molecular weight is 255 g/mol. The second-order valence-corrected chi connectivity index (χ2v) is 7.14. The molecule has 2 fully saturated rings. The molecule has 1 spiro atoms. The Morgan fingerprint density at radius 2 is 1.87 bits per heavy atom. The molecule has 2 saturated heterocycles. The molecule has 0 aromatic carbocycles.